The van der Waals surface area contributed by atoms with Gasteiger partial charge in [0.1, 0.15) is 5.82 Å². The molecular formula is C20H31IN6. The van der Waals surface area contributed by atoms with E-state index in [1.807, 2.05) is 24.6 Å². The highest BCUT2D eigenvalue weighted by atomic mass is 127. The molecule has 0 amide bonds. The third-order valence-electron chi connectivity index (χ3n) is 5.14. The number of hydrogen-bond acceptors (Lipinski definition) is 3. The lowest BCUT2D eigenvalue weighted by atomic mass is 9.87. The summed E-state index contributed by atoms with van der Waals surface area (Å²) in [5.41, 5.74) is 1.21. The molecule has 0 spiro atoms. The molecule has 3 rings (SSSR count). The summed E-state index contributed by atoms with van der Waals surface area (Å²) < 4.78 is 2.00. The quantitative estimate of drug-likeness (QED) is 0.389. The Labute approximate surface area is 179 Å². The Balaban J connectivity index is 0.00000261. The van der Waals surface area contributed by atoms with Crippen LogP contribution in [0.2, 0.25) is 0 Å². The monoisotopic (exact) mass is 482 g/mol. The molecule has 1 aliphatic rings. The van der Waals surface area contributed by atoms with Crippen LogP contribution < -0.4 is 10.6 Å². The molecule has 0 saturated heterocycles. The minimum absolute atomic E-state index is 0. The van der Waals surface area contributed by atoms with Crippen LogP contribution >= 0.6 is 24.0 Å². The number of hydrogen-bond donors (Lipinski definition) is 2. The molecule has 1 fully saturated rings. The summed E-state index contributed by atoms with van der Waals surface area (Å²) in [5, 5.41) is 15.4. The SMILES string of the molecule is Cc1nnc(CNC(=NCc2ccccc2)NC2CCCC(C)C2)n1C.I. The normalized spacial score (nSPS) is 20.0. The van der Waals surface area contributed by atoms with Crippen LogP contribution in [-0.2, 0) is 20.1 Å². The minimum atomic E-state index is 0. The van der Waals surface area contributed by atoms with E-state index in [-0.39, 0.29) is 24.0 Å². The molecule has 1 heterocycles. The lowest BCUT2D eigenvalue weighted by Gasteiger charge is -2.29. The van der Waals surface area contributed by atoms with Gasteiger partial charge in [-0.15, -0.1) is 34.2 Å². The van der Waals surface area contributed by atoms with Crippen LogP contribution in [-0.4, -0.2) is 26.8 Å². The highest BCUT2D eigenvalue weighted by molar-refractivity contribution is 14.0. The highest BCUT2D eigenvalue weighted by Crippen LogP contribution is 2.23. The fraction of sp³-hybridized carbons (Fsp3) is 0.550. The standard InChI is InChI=1S/C20H30N6.HI/c1-15-8-7-11-18(12-15)23-20(21-13-17-9-5-4-6-10-17)22-14-19-25-24-16(2)26(19)3;/h4-6,9-10,15,18H,7-8,11-14H2,1-3H3,(H2,21,22,23);1H. The summed E-state index contributed by atoms with van der Waals surface area (Å²) in [6.45, 7) is 5.57. The maximum Gasteiger partial charge on any atom is 0.192 e. The van der Waals surface area contributed by atoms with Gasteiger partial charge in [0.2, 0.25) is 0 Å². The van der Waals surface area contributed by atoms with Crippen molar-refractivity contribution in [2.45, 2.75) is 58.7 Å². The third-order valence-corrected chi connectivity index (χ3v) is 5.14. The topological polar surface area (TPSA) is 67.1 Å². The zero-order valence-electron chi connectivity index (χ0n) is 16.5. The van der Waals surface area contributed by atoms with E-state index < -0.39 is 0 Å². The van der Waals surface area contributed by atoms with Crippen molar-refractivity contribution in [2.24, 2.45) is 18.0 Å². The lowest BCUT2D eigenvalue weighted by molar-refractivity contribution is 0.324. The number of benzene rings is 1. The van der Waals surface area contributed by atoms with Gasteiger partial charge in [0, 0.05) is 13.1 Å². The molecule has 7 heteroatoms. The number of nitrogens with one attached hydrogen (secondary N) is 2. The zero-order chi connectivity index (χ0) is 18.4. The van der Waals surface area contributed by atoms with E-state index >= 15 is 0 Å². The van der Waals surface area contributed by atoms with Crippen molar-refractivity contribution in [2.75, 3.05) is 0 Å². The molecule has 0 bridgehead atoms. The number of guanidine groups is 1. The van der Waals surface area contributed by atoms with Crippen LogP contribution in [0.4, 0.5) is 0 Å². The van der Waals surface area contributed by atoms with E-state index in [2.05, 4.69) is 52.0 Å². The van der Waals surface area contributed by atoms with Crippen molar-refractivity contribution >= 4 is 29.9 Å². The first-order valence-electron chi connectivity index (χ1n) is 9.55. The molecule has 6 nitrogen and oxygen atoms in total. The van der Waals surface area contributed by atoms with Crippen molar-refractivity contribution < 1.29 is 0 Å². The van der Waals surface area contributed by atoms with Gasteiger partial charge in [-0.25, -0.2) is 4.99 Å². The van der Waals surface area contributed by atoms with Gasteiger partial charge in [-0.3, -0.25) is 0 Å². The number of halogens is 1. The summed E-state index contributed by atoms with van der Waals surface area (Å²) in [4.78, 5) is 4.80. The van der Waals surface area contributed by atoms with E-state index in [0.717, 1.165) is 23.5 Å². The van der Waals surface area contributed by atoms with E-state index in [1.165, 1.54) is 31.2 Å². The Morgan fingerprint density at radius 1 is 1.22 bits per heavy atom. The molecule has 0 radical (unpaired) electrons. The fourth-order valence-electron chi connectivity index (χ4n) is 3.43. The van der Waals surface area contributed by atoms with Gasteiger partial charge in [-0.1, -0.05) is 50.1 Å². The predicted octanol–water partition coefficient (Wildman–Crippen LogP) is 3.56. The van der Waals surface area contributed by atoms with Crippen molar-refractivity contribution in [3.63, 3.8) is 0 Å². The second-order valence-electron chi connectivity index (χ2n) is 7.34. The van der Waals surface area contributed by atoms with Gasteiger partial charge in [-0.2, -0.15) is 0 Å². The summed E-state index contributed by atoms with van der Waals surface area (Å²) in [5.74, 6) is 3.46. The molecule has 148 valence electrons. The fourth-order valence-corrected chi connectivity index (χ4v) is 3.43. The van der Waals surface area contributed by atoms with Crippen molar-refractivity contribution in [1.82, 2.24) is 25.4 Å². The Kier molecular flexibility index (Phi) is 8.53. The first-order valence-corrected chi connectivity index (χ1v) is 9.55. The van der Waals surface area contributed by atoms with Crippen LogP contribution in [0.15, 0.2) is 35.3 Å². The van der Waals surface area contributed by atoms with Gasteiger partial charge in [0.15, 0.2) is 11.8 Å². The number of aliphatic imine (C=N–C) groups is 1. The second kappa shape index (κ2) is 10.6. The maximum absolute atomic E-state index is 4.80. The van der Waals surface area contributed by atoms with E-state index in [4.69, 9.17) is 4.99 Å². The molecular weight excluding hydrogens is 451 g/mol. The van der Waals surface area contributed by atoms with Crippen LogP contribution in [0.3, 0.4) is 0 Å². The number of aryl methyl sites for hydroxylation is 1. The summed E-state index contributed by atoms with van der Waals surface area (Å²) >= 11 is 0. The van der Waals surface area contributed by atoms with E-state index in [1.54, 1.807) is 0 Å². The molecule has 0 aliphatic heterocycles. The Morgan fingerprint density at radius 2 is 2.00 bits per heavy atom. The lowest BCUT2D eigenvalue weighted by Crippen LogP contribution is -2.45. The number of nitrogens with zero attached hydrogens (tertiary/aromatic N) is 4. The average Bonchev–Trinajstić information content (AvgIpc) is 2.97. The smallest absolute Gasteiger partial charge is 0.192 e. The van der Waals surface area contributed by atoms with Crippen LogP contribution in [0.1, 0.15) is 49.8 Å². The summed E-state index contributed by atoms with van der Waals surface area (Å²) in [6.07, 6.45) is 5.03. The molecule has 2 N–H and O–H groups in total. The first kappa shape index (κ1) is 21.7. The molecule has 2 aromatic rings. The van der Waals surface area contributed by atoms with Gasteiger partial charge in [-0.05, 0) is 31.2 Å². The van der Waals surface area contributed by atoms with Gasteiger partial charge in [0.05, 0.1) is 13.1 Å². The molecule has 27 heavy (non-hydrogen) atoms. The zero-order valence-corrected chi connectivity index (χ0v) is 18.8. The molecule has 1 saturated carbocycles. The number of aromatic nitrogens is 3. The van der Waals surface area contributed by atoms with Crippen molar-refractivity contribution in [3.8, 4) is 0 Å². The Bertz CT molecular complexity index is 727. The van der Waals surface area contributed by atoms with Crippen LogP contribution in [0, 0.1) is 12.8 Å². The molecule has 2 atom stereocenters. The van der Waals surface area contributed by atoms with E-state index in [9.17, 15) is 0 Å². The average molecular weight is 482 g/mol. The molecule has 1 aliphatic carbocycles. The van der Waals surface area contributed by atoms with Crippen molar-refractivity contribution in [3.05, 3.63) is 47.5 Å². The second-order valence-corrected chi connectivity index (χ2v) is 7.34. The van der Waals surface area contributed by atoms with Crippen LogP contribution in [0.5, 0.6) is 0 Å². The Morgan fingerprint density at radius 3 is 2.67 bits per heavy atom. The van der Waals surface area contributed by atoms with E-state index in [0.29, 0.717) is 19.1 Å². The predicted molar refractivity (Wildman–Crippen MR) is 120 cm³/mol. The third kappa shape index (κ3) is 6.48. The van der Waals surface area contributed by atoms with Crippen molar-refractivity contribution in [1.29, 1.82) is 0 Å². The minimum Gasteiger partial charge on any atom is -0.354 e. The highest BCUT2D eigenvalue weighted by Gasteiger charge is 2.20. The largest absolute Gasteiger partial charge is 0.354 e. The number of rotatable bonds is 5. The maximum atomic E-state index is 4.80. The Hall–Kier alpha value is -1.64. The summed E-state index contributed by atoms with van der Waals surface area (Å²) in [7, 11) is 1.99. The van der Waals surface area contributed by atoms with Gasteiger partial charge < -0.3 is 15.2 Å². The molecule has 1 aromatic heterocycles. The molecule has 1 aromatic carbocycles. The van der Waals surface area contributed by atoms with Gasteiger partial charge >= 0.3 is 0 Å². The first-order chi connectivity index (χ1) is 12.6. The van der Waals surface area contributed by atoms with Crippen LogP contribution in [0.25, 0.3) is 0 Å². The van der Waals surface area contributed by atoms with Gasteiger partial charge in [0.25, 0.3) is 0 Å². The summed E-state index contributed by atoms with van der Waals surface area (Å²) in [6, 6.07) is 10.8. The molecule has 2 unspecified atom stereocenters.